The molecule has 0 radical (unpaired) electrons. The second kappa shape index (κ2) is 10.6. The maximum Gasteiger partial charge on any atom is 0.255 e. The lowest BCUT2D eigenvalue weighted by Crippen LogP contribution is -2.46. The van der Waals surface area contributed by atoms with Crippen LogP contribution < -0.4 is 5.43 Å². The van der Waals surface area contributed by atoms with Crippen LogP contribution in [0.4, 0.5) is 0 Å². The fourth-order valence-electron chi connectivity index (χ4n) is 4.41. The summed E-state index contributed by atoms with van der Waals surface area (Å²) in [6, 6.07) is 10.6. The summed E-state index contributed by atoms with van der Waals surface area (Å²) in [6.07, 6.45) is 5.99. The highest BCUT2D eigenvalue weighted by atomic mass is 35.5. The summed E-state index contributed by atoms with van der Waals surface area (Å²) in [5.41, 5.74) is 5.60. The van der Waals surface area contributed by atoms with Crippen LogP contribution in [-0.2, 0) is 14.8 Å². The molecule has 1 fully saturated rings. The number of rotatable bonds is 7. The number of hydrogen-bond donors (Lipinski definition) is 1. The van der Waals surface area contributed by atoms with Gasteiger partial charge in [0.05, 0.1) is 17.7 Å². The van der Waals surface area contributed by atoms with Gasteiger partial charge in [-0.1, -0.05) is 60.7 Å². The second-order valence-electron chi connectivity index (χ2n) is 8.42. The van der Waals surface area contributed by atoms with Gasteiger partial charge in [-0.2, -0.15) is 9.41 Å². The fourth-order valence-corrected chi connectivity index (χ4v) is 6.67. The molecule has 8 heteroatoms. The zero-order chi connectivity index (χ0) is 23.3. The third-order valence-corrected chi connectivity index (χ3v) is 8.14. The molecule has 0 bridgehead atoms. The third kappa shape index (κ3) is 5.97. The van der Waals surface area contributed by atoms with Crippen LogP contribution in [-0.4, -0.2) is 37.4 Å². The van der Waals surface area contributed by atoms with Crippen LogP contribution in [0.15, 0.2) is 46.4 Å². The van der Waals surface area contributed by atoms with Gasteiger partial charge >= 0.3 is 0 Å². The van der Waals surface area contributed by atoms with Crippen LogP contribution in [0.2, 0.25) is 5.02 Å². The number of sulfonamides is 1. The van der Waals surface area contributed by atoms with Crippen molar-refractivity contribution in [1.29, 1.82) is 0 Å². The second-order valence-corrected chi connectivity index (χ2v) is 10.7. The third-order valence-electron chi connectivity index (χ3n) is 5.70. The van der Waals surface area contributed by atoms with E-state index in [9.17, 15) is 13.2 Å². The van der Waals surface area contributed by atoms with Crippen molar-refractivity contribution >= 4 is 33.7 Å². The predicted molar refractivity (Wildman–Crippen MR) is 129 cm³/mol. The molecule has 1 N–H and O–H groups in total. The molecule has 6 nitrogen and oxygen atoms in total. The number of nitrogens with zero attached hydrogens (tertiary/aromatic N) is 2. The molecule has 0 aliphatic heterocycles. The Morgan fingerprint density at radius 2 is 1.78 bits per heavy atom. The molecule has 1 aliphatic carbocycles. The van der Waals surface area contributed by atoms with E-state index < -0.39 is 15.9 Å². The lowest BCUT2D eigenvalue weighted by atomic mass is 9.95. The normalized spacial score (nSPS) is 15.4. The number of carbonyl (C=O) groups excluding carboxylic acids is 1. The molecule has 172 valence electrons. The number of aryl methyl sites for hydroxylation is 3. The highest BCUT2D eigenvalue weighted by Gasteiger charge is 2.35. The van der Waals surface area contributed by atoms with E-state index in [1.54, 1.807) is 32.0 Å². The Labute approximate surface area is 195 Å². The number of benzene rings is 2. The predicted octanol–water partition coefficient (Wildman–Crippen LogP) is 4.74. The zero-order valence-electron chi connectivity index (χ0n) is 18.8. The Bertz CT molecular complexity index is 1090. The van der Waals surface area contributed by atoms with Crippen molar-refractivity contribution < 1.29 is 13.2 Å². The maximum atomic E-state index is 13.7. The van der Waals surface area contributed by atoms with Crippen molar-refractivity contribution in [2.45, 2.75) is 63.8 Å². The minimum Gasteiger partial charge on any atom is -0.272 e. The molecule has 1 aliphatic rings. The molecule has 32 heavy (non-hydrogen) atoms. The van der Waals surface area contributed by atoms with Gasteiger partial charge < -0.3 is 0 Å². The molecular formula is C24H30ClN3O3S. The molecule has 0 heterocycles. The van der Waals surface area contributed by atoms with Crippen LogP contribution in [0.3, 0.4) is 0 Å². The van der Waals surface area contributed by atoms with E-state index in [4.69, 9.17) is 11.6 Å². The number of hydrazone groups is 1. The number of carbonyl (C=O) groups is 1. The van der Waals surface area contributed by atoms with E-state index in [2.05, 4.69) is 10.5 Å². The number of hydrogen-bond acceptors (Lipinski definition) is 4. The van der Waals surface area contributed by atoms with Crippen LogP contribution in [0.5, 0.6) is 0 Å². The van der Waals surface area contributed by atoms with Gasteiger partial charge in [0.25, 0.3) is 5.91 Å². The van der Waals surface area contributed by atoms with Crippen molar-refractivity contribution in [2.75, 3.05) is 6.54 Å². The molecule has 2 aromatic carbocycles. The SMILES string of the molecule is Cc1cc(C)c(S(=O)(=O)N(CC(=O)NN=Cc2cccc(Cl)c2)C2CCCCC2)c(C)c1. The highest BCUT2D eigenvalue weighted by molar-refractivity contribution is 7.89. The topological polar surface area (TPSA) is 78.8 Å². The van der Waals surface area contributed by atoms with Crippen LogP contribution in [0.25, 0.3) is 0 Å². The summed E-state index contributed by atoms with van der Waals surface area (Å²) in [4.78, 5) is 13.0. The van der Waals surface area contributed by atoms with E-state index >= 15 is 0 Å². The average molecular weight is 476 g/mol. The van der Waals surface area contributed by atoms with Crippen LogP contribution in [0.1, 0.15) is 54.4 Å². The Morgan fingerprint density at radius 3 is 2.41 bits per heavy atom. The molecule has 3 rings (SSSR count). The molecule has 0 saturated heterocycles. The maximum absolute atomic E-state index is 13.7. The summed E-state index contributed by atoms with van der Waals surface area (Å²) >= 11 is 5.96. The molecule has 0 spiro atoms. The van der Waals surface area contributed by atoms with E-state index in [0.717, 1.165) is 43.2 Å². The Morgan fingerprint density at radius 1 is 1.12 bits per heavy atom. The lowest BCUT2D eigenvalue weighted by Gasteiger charge is -2.33. The summed E-state index contributed by atoms with van der Waals surface area (Å²) in [6.45, 7) is 5.29. The summed E-state index contributed by atoms with van der Waals surface area (Å²) in [5.74, 6) is -0.472. The van der Waals surface area contributed by atoms with Gasteiger partial charge in [-0.25, -0.2) is 13.8 Å². The number of amides is 1. The first-order valence-electron chi connectivity index (χ1n) is 10.9. The Hall–Kier alpha value is -2.22. The van der Waals surface area contributed by atoms with Gasteiger partial charge in [-0.3, -0.25) is 4.79 Å². The van der Waals surface area contributed by atoms with Crippen molar-refractivity contribution in [1.82, 2.24) is 9.73 Å². The standard InChI is InChI=1S/C24H30ClN3O3S/c1-17-12-18(2)24(19(3)13-17)32(30,31)28(22-10-5-4-6-11-22)16-23(29)27-26-15-20-8-7-9-21(25)14-20/h7-9,12-15,22H,4-6,10-11,16H2,1-3H3,(H,27,29). The first-order valence-corrected chi connectivity index (χ1v) is 12.7. The molecule has 1 amide bonds. The summed E-state index contributed by atoms with van der Waals surface area (Å²) in [7, 11) is -3.85. The van der Waals surface area contributed by atoms with Crippen molar-refractivity contribution in [3.8, 4) is 0 Å². The first kappa shape index (κ1) is 24.4. The van der Waals surface area contributed by atoms with Gasteiger partial charge in [-0.15, -0.1) is 0 Å². The Balaban J connectivity index is 1.84. The zero-order valence-corrected chi connectivity index (χ0v) is 20.3. The largest absolute Gasteiger partial charge is 0.272 e. The van der Waals surface area contributed by atoms with E-state index in [1.807, 2.05) is 25.1 Å². The molecule has 2 aromatic rings. The minimum atomic E-state index is -3.85. The minimum absolute atomic E-state index is 0.198. The fraction of sp³-hybridized carbons (Fsp3) is 0.417. The summed E-state index contributed by atoms with van der Waals surface area (Å²) < 4.78 is 28.9. The van der Waals surface area contributed by atoms with Crippen LogP contribution >= 0.6 is 11.6 Å². The quantitative estimate of drug-likeness (QED) is 0.464. The lowest BCUT2D eigenvalue weighted by molar-refractivity contribution is -0.121. The molecular weight excluding hydrogens is 446 g/mol. The van der Waals surface area contributed by atoms with Crippen molar-refractivity contribution in [3.63, 3.8) is 0 Å². The van der Waals surface area contributed by atoms with Gasteiger partial charge in [0.2, 0.25) is 10.0 Å². The molecule has 1 saturated carbocycles. The van der Waals surface area contributed by atoms with E-state index in [0.29, 0.717) is 21.0 Å². The smallest absolute Gasteiger partial charge is 0.255 e. The molecule has 0 aromatic heterocycles. The monoisotopic (exact) mass is 475 g/mol. The molecule has 0 atom stereocenters. The van der Waals surface area contributed by atoms with Gasteiger partial charge in [0, 0.05) is 11.1 Å². The van der Waals surface area contributed by atoms with Gasteiger partial charge in [0.15, 0.2) is 0 Å². The Kier molecular flexibility index (Phi) is 8.09. The highest BCUT2D eigenvalue weighted by Crippen LogP contribution is 2.31. The van der Waals surface area contributed by atoms with Crippen molar-refractivity contribution in [3.05, 3.63) is 63.7 Å². The van der Waals surface area contributed by atoms with Gasteiger partial charge in [0.1, 0.15) is 0 Å². The summed E-state index contributed by atoms with van der Waals surface area (Å²) in [5, 5.41) is 4.55. The van der Waals surface area contributed by atoms with Crippen molar-refractivity contribution in [2.24, 2.45) is 5.10 Å². The van der Waals surface area contributed by atoms with E-state index in [1.165, 1.54) is 10.5 Å². The molecule has 0 unspecified atom stereocenters. The average Bonchev–Trinajstić information content (AvgIpc) is 2.71. The number of nitrogens with one attached hydrogen (secondary N) is 1. The van der Waals surface area contributed by atoms with E-state index in [-0.39, 0.29) is 12.6 Å². The number of halogens is 1. The van der Waals surface area contributed by atoms with Crippen LogP contribution in [0, 0.1) is 20.8 Å². The first-order chi connectivity index (χ1) is 15.2. The van der Waals surface area contributed by atoms with Gasteiger partial charge in [-0.05, 0) is 62.4 Å².